The van der Waals surface area contributed by atoms with Crippen molar-refractivity contribution < 1.29 is 47.7 Å². The van der Waals surface area contributed by atoms with Crippen LogP contribution in [0, 0.1) is 0 Å². The van der Waals surface area contributed by atoms with Crippen LogP contribution in [0.25, 0.3) is 87.6 Å². The molecule has 0 atom stereocenters. The minimum absolute atomic E-state index is 0.0503. The summed E-state index contributed by atoms with van der Waals surface area (Å²) in [5, 5.41) is 2.44. The minimum atomic E-state index is -0.717. The van der Waals surface area contributed by atoms with Gasteiger partial charge in [-0.3, -0.25) is 38.6 Å². The molecule has 0 saturated heterocycles. The van der Waals surface area contributed by atoms with Gasteiger partial charge in [0, 0.05) is 68.3 Å². The second kappa shape index (κ2) is 28.3. The molecule has 2 heterocycles. The molecule has 0 unspecified atom stereocenters. The number of benzene rings is 13. The highest BCUT2D eigenvalue weighted by Crippen LogP contribution is 2.58. The van der Waals surface area contributed by atoms with Crippen molar-refractivity contribution in [2.24, 2.45) is 0 Å². The molecule has 0 aromatic heterocycles. The number of likely N-dealkylation sites (N-methyl/N-ethyl adjacent to an activating group) is 2. The maximum atomic E-state index is 16.3. The van der Waals surface area contributed by atoms with Gasteiger partial charge in [0.1, 0.15) is 59.1 Å². The third-order valence-corrected chi connectivity index (χ3v) is 21.7. The van der Waals surface area contributed by atoms with Crippen molar-refractivity contribution in [2.45, 2.75) is 90.1 Å². The van der Waals surface area contributed by atoms with E-state index in [9.17, 15) is 0 Å². The summed E-state index contributed by atoms with van der Waals surface area (Å²) in [6.45, 7) is 3.57. The van der Waals surface area contributed by atoms with Crippen LogP contribution >= 0.6 is 0 Å². The first-order valence-corrected chi connectivity index (χ1v) is 37.0. The molecule has 524 valence electrons. The maximum absolute atomic E-state index is 16.3. The number of hydrogen-bond donors (Lipinski definition) is 0. The number of imide groups is 2. The van der Waals surface area contributed by atoms with Gasteiger partial charge in [-0.25, -0.2) is 0 Å². The third-order valence-electron chi connectivity index (χ3n) is 21.7. The zero-order chi connectivity index (χ0) is 72.1. The molecule has 106 heavy (non-hydrogen) atoms. The Balaban J connectivity index is 1.00. The molecule has 14 heteroatoms. The molecule has 0 radical (unpaired) electrons. The molecule has 2 saturated carbocycles. The number of amides is 6. The maximum Gasteiger partial charge on any atom is 0.262 e. The van der Waals surface area contributed by atoms with Crippen LogP contribution in [0.4, 0.5) is 0 Å². The van der Waals surface area contributed by atoms with Crippen LogP contribution in [0.5, 0.6) is 46.0 Å². The fourth-order valence-electron chi connectivity index (χ4n) is 16.7. The summed E-state index contributed by atoms with van der Waals surface area (Å²) in [5.41, 5.74) is 7.28. The van der Waals surface area contributed by atoms with E-state index in [0.717, 1.165) is 119 Å². The van der Waals surface area contributed by atoms with Gasteiger partial charge in [0.05, 0.1) is 22.3 Å². The molecule has 17 rings (SSSR count). The average Bonchev–Trinajstić information content (AvgIpc) is 0.672. The van der Waals surface area contributed by atoms with Gasteiger partial charge in [-0.15, -0.1) is 0 Å². The first-order chi connectivity index (χ1) is 52.0. The van der Waals surface area contributed by atoms with Gasteiger partial charge in [0.15, 0.2) is 0 Å². The van der Waals surface area contributed by atoms with Gasteiger partial charge in [0.25, 0.3) is 23.6 Å². The Kier molecular flexibility index (Phi) is 17.8. The summed E-state index contributed by atoms with van der Waals surface area (Å²) < 4.78 is 29.9. The Morgan fingerprint density at radius 2 is 0.547 bits per heavy atom. The van der Waals surface area contributed by atoms with Crippen LogP contribution in [-0.2, 0) is 9.59 Å². The summed E-state index contributed by atoms with van der Waals surface area (Å²) >= 11 is 0. The van der Waals surface area contributed by atoms with Crippen molar-refractivity contribution in [3.05, 3.63) is 265 Å². The summed E-state index contributed by atoms with van der Waals surface area (Å²) in [7, 11) is 0. The van der Waals surface area contributed by atoms with Gasteiger partial charge in [-0.1, -0.05) is 208 Å². The van der Waals surface area contributed by atoms with Crippen LogP contribution in [0.2, 0.25) is 0 Å². The van der Waals surface area contributed by atoms with Gasteiger partial charge in [0.2, 0.25) is 11.8 Å². The summed E-state index contributed by atoms with van der Waals surface area (Å²) in [4.78, 5) is 101. The monoisotopic (exact) mass is 1400 g/mol. The van der Waals surface area contributed by atoms with Gasteiger partial charge in [-0.2, -0.15) is 0 Å². The Morgan fingerprint density at radius 1 is 0.302 bits per heavy atom. The third kappa shape index (κ3) is 12.3. The fourth-order valence-corrected chi connectivity index (χ4v) is 16.7. The lowest BCUT2D eigenvalue weighted by Crippen LogP contribution is -2.50. The number of rotatable bonds is 20. The first kappa shape index (κ1) is 66.8. The van der Waals surface area contributed by atoms with Crippen molar-refractivity contribution in [3.8, 4) is 90.5 Å². The summed E-state index contributed by atoms with van der Waals surface area (Å²) in [6.07, 6.45) is 9.27. The van der Waals surface area contributed by atoms with Crippen LogP contribution in [-0.4, -0.2) is 93.3 Å². The van der Waals surface area contributed by atoms with E-state index in [4.69, 9.17) is 18.9 Å². The fraction of sp³-hybridized carbons (Fsp3) is 0.196. The van der Waals surface area contributed by atoms with Gasteiger partial charge < -0.3 is 28.7 Å². The molecule has 2 aliphatic heterocycles. The molecule has 6 amide bonds. The van der Waals surface area contributed by atoms with E-state index in [2.05, 4.69) is 0 Å². The lowest BCUT2D eigenvalue weighted by molar-refractivity contribution is -0.135. The number of fused-ring (bicyclic) bond motifs is 2. The standard InChI is InChI=1S/C92H76N4O10/c1-3-93(65-39-19-9-20-40-65)79(97)55-95-89(99)71-51-75(103-67-43-23-35-61(47-67)57-27-11-5-12-28-57)83-85-77(105-69-45-25-37-63(49-69)59-31-15-7-16-32-59)53-73-82-74(92(102)96(91(73)101)56-80(98)94(4-2)66-41-21-10-22-42-66)54-78(106-70-46-26-38-64(50-70)60-33-17-8-18-34-60)86(88(82)85)84-76(52-72(90(95)100)81(71)87(83)84)104-68-44-24-36-62(48-68)58-29-13-6-14-30-58/h5-8,11-18,23-38,43-54,65-66H,3-4,9-10,19-22,39-42,55-56H2,1-2H3. The van der Waals surface area contributed by atoms with Crippen molar-refractivity contribution in [1.82, 2.24) is 19.6 Å². The normalized spacial score (nSPS) is 14.7. The zero-order valence-electron chi connectivity index (χ0n) is 59.0. The topological polar surface area (TPSA) is 152 Å². The predicted octanol–water partition coefficient (Wildman–Crippen LogP) is 21.1. The van der Waals surface area contributed by atoms with E-state index in [1.54, 1.807) is 24.3 Å². The Morgan fingerprint density at radius 3 is 0.792 bits per heavy atom. The molecule has 0 bridgehead atoms. The Labute approximate surface area is 614 Å². The molecule has 0 N–H and O–H groups in total. The molecular formula is C92H76N4O10. The highest BCUT2D eigenvalue weighted by Gasteiger charge is 2.44. The van der Waals surface area contributed by atoms with Crippen molar-refractivity contribution in [2.75, 3.05) is 26.2 Å². The van der Waals surface area contributed by atoms with E-state index in [1.807, 2.05) is 242 Å². The van der Waals surface area contributed by atoms with E-state index in [1.165, 1.54) is 0 Å². The second-order valence-corrected chi connectivity index (χ2v) is 28.0. The molecule has 13 aromatic carbocycles. The van der Waals surface area contributed by atoms with Crippen LogP contribution in [0.15, 0.2) is 243 Å². The Bertz CT molecular complexity index is 4990. The van der Waals surface area contributed by atoms with E-state index >= 15 is 28.8 Å². The van der Waals surface area contributed by atoms with Crippen LogP contribution in [0.1, 0.15) is 119 Å². The Hall–Kier alpha value is -12.4. The predicted molar refractivity (Wildman–Crippen MR) is 415 cm³/mol. The zero-order valence-corrected chi connectivity index (χ0v) is 59.0. The van der Waals surface area contributed by atoms with Gasteiger partial charge in [-0.05, 0) is 157 Å². The summed E-state index contributed by atoms with van der Waals surface area (Å²) in [6, 6.07) is 76.6. The lowest BCUT2D eigenvalue weighted by Gasteiger charge is -2.36. The minimum Gasteiger partial charge on any atom is -0.457 e. The quantitative estimate of drug-likeness (QED) is 0.0409. The van der Waals surface area contributed by atoms with E-state index in [0.29, 0.717) is 68.4 Å². The molecule has 0 spiro atoms. The van der Waals surface area contributed by atoms with Crippen LogP contribution in [0.3, 0.4) is 0 Å². The number of hydrogen-bond acceptors (Lipinski definition) is 10. The molecule has 4 aliphatic rings. The van der Waals surface area contributed by atoms with Crippen molar-refractivity contribution >= 4 is 78.5 Å². The highest BCUT2D eigenvalue weighted by molar-refractivity contribution is 6.45. The SMILES string of the molecule is CCN(C(=O)CN1C(=O)c2cc(Oc3cccc(-c4ccccc4)c3)c3c4c(Oc5cccc(-c6ccccc6)c5)cc5c6c(cc(Oc7cccc(-c8ccccc8)c7)c(c7c(Oc8cccc(-c9ccccc9)c8)cc(c2c37)C1=O)c64)C(=O)N(CC(=O)N(CC)C1CCCCC1)C5=O)C1CCCCC1. The van der Waals surface area contributed by atoms with E-state index in [-0.39, 0.29) is 79.9 Å². The number of carbonyl (C=O) groups is 6. The number of carbonyl (C=O) groups excluding carboxylic acids is 6. The molecular weight excluding hydrogens is 1320 g/mol. The molecule has 2 aliphatic carbocycles. The second-order valence-electron chi connectivity index (χ2n) is 28.0. The smallest absolute Gasteiger partial charge is 0.262 e. The highest BCUT2D eigenvalue weighted by atomic mass is 16.5. The van der Waals surface area contributed by atoms with Gasteiger partial charge >= 0.3 is 0 Å². The largest absolute Gasteiger partial charge is 0.457 e. The first-order valence-electron chi connectivity index (χ1n) is 37.0. The van der Waals surface area contributed by atoms with Crippen molar-refractivity contribution in [3.63, 3.8) is 0 Å². The lowest BCUT2D eigenvalue weighted by atomic mass is 9.80. The average molecular weight is 1400 g/mol. The van der Waals surface area contributed by atoms with E-state index < -0.39 is 36.7 Å². The number of nitrogens with zero attached hydrogens (tertiary/aromatic N) is 4. The van der Waals surface area contributed by atoms with Crippen LogP contribution < -0.4 is 18.9 Å². The summed E-state index contributed by atoms with van der Waals surface area (Å²) in [5.74, 6) is -1.54. The molecule has 2 fully saturated rings. The number of ether oxygens (including phenoxy) is 4. The van der Waals surface area contributed by atoms with Crippen molar-refractivity contribution in [1.29, 1.82) is 0 Å². The molecule has 13 aromatic rings. The molecule has 14 nitrogen and oxygen atoms in total.